The molecule has 0 saturated carbocycles. The summed E-state index contributed by atoms with van der Waals surface area (Å²) >= 11 is 1.26. The second-order valence-electron chi connectivity index (χ2n) is 3.76. The van der Waals surface area contributed by atoms with Gasteiger partial charge in [0.1, 0.15) is 4.83 Å². The molecule has 0 saturated heterocycles. The number of nitrogens with zero attached hydrogens (tertiary/aromatic N) is 2. The fraction of sp³-hybridized carbons (Fsp3) is 0. The highest BCUT2D eigenvalue weighted by Gasteiger charge is 2.15. The molecule has 102 valence electrons. The zero-order valence-electron chi connectivity index (χ0n) is 9.99. The predicted molar refractivity (Wildman–Crippen MR) is 79.7 cm³/mol. The van der Waals surface area contributed by atoms with Crippen molar-refractivity contribution in [1.82, 2.24) is 15.0 Å². The summed E-state index contributed by atoms with van der Waals surface area (Å²) < 4.78 is 0. The smallest absolute Gasteiger partial charge is 0.260 e. The van der Waals surface area contributed by atoms with Gasteiger partial charge in [-0.15, -0.1) is 23.7 Å². The van der Waals surface area contributed by atoms with Crippen LogP contribution >= 0.6 is 23.7 Å². The molecule has 0 aromatic carbocycles. The third kappa shape index (κ3) is 2.54. The number of pyridine rings is 1. The van der Waals surface area contributed by atoms with Gasteiger partial charge in [-0.2, -0.15) is 0 Å². The molecule has 0 fully saturated rings. The second-order valence-corrected chi connectivity index (χ2v) is 4.62. The number of aromatic nitrogens is 3. The van der Waals surface area contributed by atoms with Gasteiger partial charge < -0.3 is 10.3 Å². The Hall–Kier alpha value is -2.25. The molecule has 3 aromatic rings. The van der Waals surface area contributed by atoms with Crippen molar-refractivity contribution in [2.75, 3.05) is 5.32 Å². The lowest BCUT2D eigenvalue weighted by molar-refractivity contribution is 0.102. The molecule has 1 amide bonds. The third-order valence-electron chi connectivity index (χ3n) is 2.54. The molecule has 0 aliphatic rings. The lowest BCUT2D eigenvalue weighted by atomic mass is 10.2. The average Bonchev–Trinajstić information content (AvgIpc) is 2.85. The van der Waals surface area contributed by atoms with Crippen LogP contribution in [0.15, 0.2) is 41.0 Å². The van der Waals surface area contributed by atoms with Crippen LogP contribution in [-0.4, -0.2) is 20.9 Å². The summed E-state index contributed by atoms with van der Waals surface area (Å²) in [4.78, 5) is 34.8. The molecule has 0 aliphatic heterocycles. The van der Waals surface area contributed by atoms with Crippen molar-refractivity contribution in [3.8, 4) is 0 Å². The third-order valence-corrected chi connectivity index (χ3v) is 3.43. The maximum atomic E-state index is 12.1. The number of rotatable bonds is 2. The molecule has 3 heterocycles. The highest BCUT2D eigenvalue weighted by molar-refractivity contribution is 7.17. The van der Waals surface area contributed by atoms with Gasteiger partial charge in [-0.05, 0) is 12.1 Å². The van der Waals surface area contributed by atoms with Gasteiger partial charge >= 0.3 is 0 Å². The first kappa shape index (κ1) is 14.2. The predicted octanol–water partition coefficient (Wildman–Crippen LogP) is 2.05. The number of H-pyrrole nitrogens is 1. The first-order valence-corrected chi connectivity index (χ1v) is 6.30. The number of hydrogen-bond acceptors (Lipinski definition) is 5. The van der Waals surface area contributed by atoms with Crippen LogP contribution in [0.4, 0.5) is 5.69 Å². The molecule has 8 heteroatoms. The normalized spacial score (nSPS) is 10.0. The topological polar surface area (TPSA) is 87.7 Å². The van der Waals surface area contributed by atoms with Crippen molar-refractivity contribution in [2.45, 2.75) is 0 Å². The first-order chi connectivity index (χ1) is 9.25. The molecule has 0 spiro atoms. The Balaban J connectivity index is 0.00000147. The molecule has 6 nitrogen and oxygen atoms in total. The Bertz CT molecular complexity index is 800. The Labute approximate surface area is 123 Å². The Morgan fingerprint density at radius 3 is 3.00 bits per heavy atom. The van der Waals surface area contributed by atoms with Crippen molar-refractivity contribution in [3.63, 3.8) is 0 Å². The fourth-order valence-electron chi connectivity index (χ4n) is 1.69. The van der Waals surface area contributed by atoms with Crippen molar-refractivity contribution in [3.05, 3.63) is 52.2 Å². The van der Waals surface area contributed by atoms with Crippen LogP contribution < -0.4 is 10.9 Å². The number of anilines is 1. The Morgan fingerprint density at radius 2 is 2.25 bits per heavy atom. The summed E-state index contributed by atoms with van der Waals surface area (Å²) in [5.41, 5.74) is 0.577. The summed E-state index contributed by atoms with van der Waals surface area (Å²) in [5.74, 6) is -0.349. The lowest BCUT2D eigenvalue weighted by Crippen LogP contribution is -2.15. The summed E-state index contributed by atoms with van der Waals surface area (Å²) in [6, 6.07) is 3.44. The highest BCUT2D eigenvalue weighted by atomic mass is 35.5. The van der Waals surface area contributed by atoms with Gasteiger partial charge in [-0.25, -0.2) is 4.98 Å². The van der Waals surface area contributed by atoms with E-state index in [1.807, 2.05) is 0 Å². The zero-order valence-corrected chi connectivity index (χ0v) is 11.6. The van der Waals surface area contributed by atoms with Crippen LogP contribution in [-0.2, 0) is 0 Å². The molecule has 0 radical (unpaired) electrons. The highest BCUT2D eigenvalue weighted by Crippen LogP contribution is 2.21. The maximum Gasteiger partial charge on any atom is 0.260 e. The SMILES string of the molecule is Cl.O=C(Nc1cccnc1)c1csc2nc[nH]c(=O)c12. The minimum Gasteiger partial charge on any atom is -0.321 e. The van der Waals surface area contributed by atoms with Crippen molar-refractivity contribution in [1.29, 1.82) is 0 Å². The van der Waals surface area contributed by atoms with E-state index in [0.717, 1.165) is 0 Å². The number of hydrogen-bond donors (Lipinski definition) is 2. The van der Waals surface area contributed by atoms with Crippen molar-refractivity contribution >= 4 is 45.6 Å². The fourth-order valence-corrected chi connectivity index (χ4v) is 2.57. The lowest BCUT2D eigenvalue weighted by Gasteiger charge is -2.02. The van der Waals surface area contributed by atoms with Gasteiger partial charge in [0.05, 0.1) is 29.2 Å². The van der Waals surface area contributed by atoms with Gasteiger partial charge in [-0.1, -0.05) is 0 Å². The quantitative estimate of drug-likeness (QED) is 0.758. The molecular formula is C12H9ClN4O2S. The minimum atomic E-state index is -0.349. The molecule has 20 heavy (non-hydrogen) atoms. The van der Waals surface area contributed by atoms with E-state index in [0.29, 0.717) is 21.5 Å². The number of nitrogens with one attached hydrogen (secondary N) is 2. The van der Waals surface area contributed by atoms with Crippen LogP contribution in [0.2, 0.25) is 0 Å². The van der Waals surface area contributed by atoms with Gasteiger partial charge in [0.2, 0.25) is 0 Å². The van der Waals surface area contributed by atoms with E-state index in [4.69, 9.17) is 0 Å². The second kappa shape index (κ2) is 5.81. The monoisotopic (exact) mass is 308 g/mol. The van der Waals surface area contributed by atoms with E-state index in [1.54, 1.807) is 23.7 Å². The van der Waals surface area contributed by atoms with Crippen LogP contribution in [0, 0.1) is 0 Å². The van der Waals surface area contributed by atoms with Crippen LogP contribution in [0.5, 0.6) is 0 Å². The number of halogens is 1. The van der Waals surface area contributed by atoms with E-state index in [2.05, 4.69) is 20.3 Å². The standard InChI is InChI=1S/C12H8N4O2S.ClH/c17-10(16-7-2-1-3-13-4-7)8-5-19-12-9(8)11(18)14-6-15-12;/h1-6H,(H,16,17)(H,14,15,18);1H. The molecule has 0 bridgehead atoms. The molecule has 3 aromatic heterocycles. The van der Waals surface area contributed by atoms with Crippen LogP contribution in [0.1, 0.15) is 10.4 Å². The van der Waals surface area contributed by atoms with E-state index in [-0.39, 0.29) is 23.9 Å². The average molecular weight is 309 g/mol. The molecule has 3 rings (SSSR count). The summed E-state index contributed by atoms with van der Waals surface area (Å²) in [6.07, 6.45) is 4.48. The molecule has 0 aliphatic carbocycles. The summed E-state index contributed by atoms with van der Waals surface area (Å²) in [7, 11) is 0. The number of amides is 1. The number of carbonyl (C=O) groups excluding carboxylic acids is 1. The number of thiophene rings is 1. The summed E-state index contributed by atoms with van der Waals surface area (Å²) in [5, 5.41) is 4.63. The van der Waals surface area contributed by atoms with Crippen molar-refractivity contribution < 1.29 is 4.79 Å². The van der Waals surface area contributed by atoms with E-state index >= 15 is 0 Å². The number of fused-ring (bicyclic) bond motifs is 1. The van der Waals surface area contributed by atoms with Crippen LogP contribution in [0.3, 0.4) is 0 Å². The largest absolute Gasteiger partial charge is 0.321 e. The number of aromatic amines is 1. The van der Waals surface area contributed by atoms with Gasteiger partial charge in [-0.3, -0.25) is 14.6 Å². The Kier molecular flexibility index (Phi) is 4.11. The number of carbonyl (C=O) groups is 1. The summed E-state index contributed by atoms with van der Waals surface area (Å²) in [6.45, 7) is 0. The van der Waals surface area contributed by atoms with E-state index in [9.17, 15) is 9.59 Å². The molecule has 0 unspecified atom stereocenters. The minimum absolute atomic E-state index is 0. The zero-order chi connectivity index (χ0) is 13.2. The van der Waals surface area contributed by atoms with E-state index < -0.39 is 0 Å². The van der Waals surface area contributed by atoms with Crippen molar-refractivity contribution in [2.24, 2.45) is 0 Å². The van der Waals surface area contributed by atoms with Gasteiger partial charge in [0, 0.05) is 11.6 Å². The van der Waals surface area contributed by atoms with Gasteiger partial charge in [0.25, 0.3) is 11.5 Å². The molecule has 0 atom stereocenters. The van der Waals surface area contributed by atoms with E-state index in [1.165, 1.54) is 23.9 Å². The Morgan fingerprint density at radius 1 is 1.40 bits per heavy atom. The molecular weight excluding hydrogens is 300 g/mol. The maximum absolute atomic E-state index is 12.1. The first-order valence-electron chi connectivity index (χ1n) is 5.42. The van der Waals surface area contributed by atoms with Crippen LogP contribution in [0.25, 0.3) is 10.2 Å². The van der Waals surface area contributed by atoms with Gasteiger partial charge in [0.15, 0.2) is 0 Å². The molecule has 2 N–H and O–H groups in total.